The molecule has 4 heteroatoms. The van der Waals surface area contributed by atoms with Crippen molar-refractivity contribution in [3.05, 3.63) is 66.0 Å². The normalized spacial score (nSPS) is 17.6. The Bertz CT molecular complexity index is 634. The summed E-state index contributed by atoms with van der Waals surface area (Å²) in [6.07, 6.45) is 5.54. The van der Waals surface area contributed by atoms with Crippen LogP contribution in [0.1, 0.15) is 30.9 Å². The zero-order valence-electron chi connectivity index (χ0n) is 13.5. The van der Waals surface area contributed by atoms with Crippen molar-refractivity contribution in [2.24, 2.45) is 0 Å². The molecular formula is C19H23N3O. The molecule has 1 saturated heterocycles. The number of pyridine rings is 1. The van der Waals surface area contributed by atoms with Crippen LogP contribution in [0.2, 0.25) is 0 Å². The van der Waals surface area contributed by atoms with Crippen LogP contribution in [0.4, 0.5) is 0 Å². The molecule has 23 heavy (non-hydrogen) atoms. The van der Waals surface area contributed by atoms with Gasteiger partial charge >= 0.3 is 0 Å². The molecule has 0 saturated carbocycles. The van der Waals surface area contributed by atoms with Crippen molar-refractivity contribution >= 4 is 5.91 Å². The number of carbonyl (C=O) groups excluding carboxylic acids is 1. The van der Waals surface area contributed by atoms with E-state index in [9.17, 15) is 4.79 Å². The minimum Gasteiger partial charge on any atom is -0.347 e. The van der Waals surface area contributed by atoms with Gasteiger partial charge in [0, 0.05) is 39.0 Å². The van der Waals surface area contributed by atoms with E-state index < -0.39 is 0 Å². The summed E-state index contributed by atoms with van der Waals surface area (Å²) >= 11 is 0. The third-order valence-electron chi connectivity index (χ3n) is 4.61. The van der Waals surface area contributed by atoms with Gasteiger partial charge in [-0.3, -0.25) is 14.7 Å². The lowest BCUT2D eigenvalue weighted by Gasteiger charge is -2.42. The van der Waals surface area contributed by atoms with Crippen LogP contribution in [-0.2, 0) is 16.9 Å². The van der Waals surface area contributed by atoms with E-state index >= 15 is 0 Å². The van der Waals surface area contributed by atoms with Crippen molar-refractivity contribution in [3.8, 4) is 0 Å². The summed E-state index contributed by atoms with van der Waals surface area (Å²) < 4.78 is 0. The minimum atomic E-state index is -0.234. The molecule has 0 unspecified atom stereocenters. The summed E-state index contributed by atoms with van der Waals surface area (Å²) in [6, 6.07) is 14.5. The summed E-state index contributed by atoms with van der Waals surface area (Å²) in [7, 11) is 0. The van der Waals surface area contributed by atoms with Gasteiger partial charge in [0.1, 0.15) is 0 Å². The van der Waals surface area contributed by atoms with Gasteiger partial charge in [-0.25, -0.2) is 0 Å². The molecule has 1 aliphatic heterocycles. The van der Waals surface area contributed by atoms with E-state index in [4.69, 9.17) is 0 Å². The van der Waals surface area contributed by atoms with Crippen LogP contribution in [0.25, 0.3) is 0 Å². The number of benzene rings is 1. The molecule has 0 aliphatic carbocycles. The van der Waals surface area contributed by atoms with Crippen LogP contribution in [-0.4, -0.2) is 28.9 Å². The zero-order valence-corrected chi connectivity index (χ0v) is 13.5. The third kappa shape index (κ3) is 3.77. The molecule has 2 heterocycles. The highest BCUT2D eigenvalue weighted by Crippen LogP contribution is 2.33. The van der Waals surface area contributed by atoms with Crippen LogP contribution in [0.5, 0.6) is 0 Å². The lowest BCUT2D eigenvalue weighted by Crippen LogP contribution is -2.52. The molecule has 0 spiro atoms. The number of amides is 1. The van der Waals surface area contributed by atoms with E-state index in [2.05, 4.69) is 39.5 Å². The molecule has 120 valence electrons. The number of piperidine rings is 1. The second-order valence-corrected chi connectivity index (χ2v) is 6.26. The molecule has 1 fully saturated rings. The maximum absolute atomic E-state index is 11.7. The van der Waals surface area contributed by atoms with Crippen LogP contribution >= 0.6 is 0 Å². The number of likely N-dealkylation sites (tertiary alicyclic amines) is 1. The smallest absolute Gasteiger partial charge is 0.217 e. The Hall–Kier alpha value is -2.20. The lowest BCUT2D eigenvalue weighted by atomic mass is 9.80. The highest BCUT2D eigenvalue weighted by atomic mass is 16.1. The molecule has 1 N–H and O–H groups in total. The van der Waals surface area contributed by atoms with Crippen LogP contribution in [0, 0.1) is 0 Å². The van der Waals surface area contributed by atoms with E-state index in [1.165, 1.54) is 11.1 Å². The van der Waals surface area contributed by atoms with Crippen molar-refractivity contribution in [1.29, 1.82) is 0 Å². The maximum Gasteiger partial charge on any atom is 0.217 e. The van der Waals surface area contributed by atoms with Gasteiger partial charge in [0.25, 0.3) is 0 Å². The predicted molar refractivity (Wildman–Crippen MR) is 90.7 cm³/mol. The maximum atomic E-state index is 11.7. The third-order valence-corrected chi connectivity index (χ3v) is 4.61. The number of hydrogen-bond acceptors (Lipinski definition) is 3. The fourth-order valence-corrected chi connectivity index (χ4v) is 3.42. The number of hydrogen-bond donors (Lipinski definition) is 1. The molecule has 0 bridgehead atoms. The van der Waals surface area contributed by atoms with Crippen molar-refractivity contribution in [2.75, 3.05) is 13.1 Å². The highest BCUT2D eigenvalue weighted by molar-refractivity contribution is 5.74. The molecule has 1 aromatic heterocycles. The van der Waals surface area contributed by atoms with E-state index in [0.29, 0.717) is 0 Å². The van der Waals surface area contributed by atoms with Gasteiger partial charge in [0.2, 0.25) is 5.91 Å². The summed E-state index contributed by atoms with van der Waals surface area (Å²) in [5.74, 6) is 0.0384. The predicted octanol–water partition coefficient (Wildman–Crippen LogP) is 2.71. The van der Waals surface area contributed by atoms with Crippen molar-refractivity contribution < 1.29 is 4.79 Å². The summed E-state index contributed by atoms with van der Waals surface area (Å²) in [5.41, 5.74) is 2.26. The molecular weight excluding hydrogens is 286 g/mol. The Morgan fingerprint density at radius 2 is 1.78 bits per heavy atom. The van der Waals surface area contributed by atoms with E-state index in [1.807, 2.05) is 30.6 Å². The monoisotopic (exact) mass is 309 g/mol. The minimum absolute atomic E-state index is 0.0384. The van der Waals surface area contributed by atoms with Gasteiger partial charge in [0.05, 0.1) is 5.54 Å². The fourth-order valence-electron chi connectivity index (χ4n) is 3.42. The first-order valence-electron chi connectivity index (χ1n) is 8.13. The van der Waals surface area contributed by atoms with Crippen molar-refractivity contribution in [3.63, 3.8) is 0 Å². The average Bonchev–Trinajstić information content (AvgIpc) is 2.58. The summed E-state index contributed by atoms with van der Waals surface area (Å²) in [4.78, 5) is 18.2. The van der Waals surface area contributed by atoms with Crippen LogP contribution in [0.15, 0.2) is 54.9 Å². The Morgan fingerprint density at radius 1 is 1.13 bits per heavy atom. The number of nitrogens with one attached hydrogen (secondary N) is 1. The van der Waals surface area contributed by atoms with Gasteiger partial charge in [-0.2, -0.15) is 0 Å². The highest BCUT2D eigenvalue weighted by Gasteiger charge is 2.36. The van der Waals surface area contributed by atoms with Gasteiger partial charge < -0.3 is 5.32 Å². The average molecular weight is 309 g/mol. The van der Waals surface area contributed by atoms with Gasteiger partial charge in [-0.05, 0) is 36.1 Å². The Balaban J connectivity index is 1.71. The van der Waals surface area contributed by atoms with Crippen LogP contribution in [0.3, 0.4) is 0 Å². The molecule has 1 aromatic carbocycles. The van der Waals surface area contributed by atoms with Crippen molar-refractivity contribution in [1.82, 2.24) is 15.2 Å². The Morgan fingerprint density at radius 3 is 2.39 bits per heavy atom. The second kappa shape index (κ2) is 6.92. The molecule has 0 radical (unpaired) electrons. The molecule has 0 atom stereocenters. The molecule has 4 nitrogen and oxygen atoms in total. The SMILES string of the molecule is CC(=O)NC1(c2ccccc2)CCN(Cc2ccncc2)CC1. The first kappa shape index (κ1) is 15.7. The fraction of sp³-hybridized carbons (Fsp3) is 0.368. The lowest BCUT2D eigenvalue weighted by molar-refractivity contribution is -0.121. The van der Waals surface area contributed by atoms with E-state index in [-0.39, 0.29) is 11.4 Å². The standard InChI is InChI=1S/C19H23N3O/c1-16(23)21-19(18-5-3-2-4-6-18)9-13-22(14-10-19)15-17-7-11-20-12-8-17/h2-8,11-12H,9-10,13-15H2,1H3,(H,21,23). The van der Waals surface area contributed by atoms with Gasteiger partial charge in [0.15, 0.2) is 0 Å². The van der Waals surface area contributed by atoms with E-state index in [1.54, 1.807) is 6.92 Å². The molecule has 2 aromatic rings. The largest absolute Gasteiger partial charge is 0.347 e. The summed E-state index contributed by atoms with van der Waals surface area (Å²) in [6.45, 7) is 4.48. The van der Waals surface area contributed by atoms with Gasteiger partial charge in [-0.15, -0.1) is 0 Å². The molecule has 1 amide bonds. The number of rotatable bonds is 4. The quantitative estimate of drug-likeness (QED) is 0.944. The first-order chi connectivity index (χ1) is 11.2. The van der Waals surface area contributed by atoms with Gasteiger partial charge in [-0.1, -0.05) is 30.3 Å². The van der Waals surface area contributed by atoms with Crippen LogP contribution < -0.4 is 5.32 Å². The Kier molecular flexibility index (Phi) is 4.72. The first-order valence-corrected chi connectivity index (χ1v) is 8.13. The van der Waals surface area contributed by atoms with Crippen molar-refractivity contribution in [2.45, 2.75) is 31.8 Å². The number of nitrogens with zero attached hydrogens (tertiary/aromatic N) is 2. The second-order valence-electron chi connectivity index (χ2n) is 6.26. The molecule has 3 rings (SSSR count). The zero-order chi connectivity index (χ0) is 16.1. The Labute approximate surface area is 137 Å². The summed E-state index contributed by atoms with van der Waals surface area (Å²) in [5, 5.41) is 3.22. The number of carbonyl (C=O) groups is 1. The topological polar surface area (TPSA) is 45.2 Å². The number of aromatic nitrogens is 1. The van der Waals surface area contributed by atoms with E-state index in [0.717, 1.165) is 32.5 Å². The molecule has 1 aliphatic rings.